The molecule has 1 unspecified atom stereocenters. The molecule has 14 rings (SSSR count). The van der Waals surface area contributed by atoms with Gasteiger partial charge < -0.3 is 91.5 Å². The van der Waals surface area contributed by atoms with Crippen LogP contribution in [-0.2, 0) is 148 Å². The second kappa shape index (κ2) is 54.4. The molecule has 8 aromatic carbocycles. The van der Waals surface area contributed by atoms with Crippen LogP contribution in [0.4, 0.5) is 37.1 Å². The zero-order chi connectivity index (χ0) is 98.2. The van der Waals surface area contributed by atoms with Crippen LogP contribution in [-0.4, -0.2) is 283 Å². The lowest BCUT2D eigenvalue weighted by Crippen LogP contribution is -2.47. The second-order valence-corrected chi connectivity index (χ2v) is 32.5. The number of methoxy groups -OCH3 is 5. The highest BCUT2D eigenvalue weighted by Crippen LogP contribution is 2.32. The number of ether oxygens (including phenoxy) is 15. The van der Waals surface area contributed by atoms with Gasteiger partial charge in [0, 0.05) is 48.6 Å². The van der Waals surface area contributed by atoms with Crippen LogP contribution >= 0.6 is 0 Å². The molecule has 0 spiro atoms. The maximum Gasteiger partial charge on any atom is 0.411 e. The highest BCUT2D eigenvalue weighted by molar-refractivity contribution is 5.86. The van der Waals surface area contributed by atoms with Crippen molar-refractivity contribution in [1.82, 2.24) is 24.5 Å². The molecule has 136 heavy (non-hydrogen) atoms. The third-order valence-corrected chi connectivity index (χ3v) is 21.8. The van der Waals surface area contributed by atoms with E-state index in [2.05, 4.69) is 0 Å². The largest absolute Gasteiger partial charge is 0.480 e. The van der Waals surface area contributed by atoms with Gasteiger partial charge in [0.05, 0.1) is 32.7 Å². The van der Waals surface area contributed by atoms with E-state index in [4.69, 9.17) is 81.3 Å². The van der Waals surface area contributed by atoms with Crippen LogP contribution in [0.25, 0.3) is 0 Å². The molecule has 6 saturated heterocycles. The van der Waals surface area contributed by atoms with Crippen LogP contribution in [0.3, 0.4) is 0 Å². The SMILES string of the molecule is CO[C@@H]1CN(C(=O)OCc2ccccc2)[C@H](C(=O)OCc2ccccc2)[C@H]1F.CO[C@@H]1CN(C(=O)OCc2ccccc2)[C@H](C(=O)OCc2ccccc2)[C@H]1O.CO[C@H]1[C@@H](C(=O)O)N(C(=O)OC(C)(C)C)C[C@@H]1F.CO[C@H]1[C@@H](C(=O)OCc2ccccc2)N(C(=O)OCc2ccccc2)C[C@@H]1F.CO[C@H]1[C@@H](C(=O)OCc2ccccc2)N(C(=O)OCc2ccccc2)C[C@@H]1O.OC1CCCO1. The van der Waals surface area contributed by atoms with Crippen LogP contribution < -0.4 is 0 Å². The molecular formula is C99H116F3N5O29. The summed E-state index contributed by atoms with van der Waals surface area (Å²) >= 11 is 0. The summed E-state index contributed by atoms with van der Waals surface area (Å²) in [7, 11) is 6.64. The van der Waals surface area contributed by atoms with Crippen molar-refractivity contribution < 1.29 is 153 Å². The topological polar surface area (TPSA) is 406 Å². The van der Waals surface area contributed by atoms with Gasteiger partial charge in [-0.1, -0.05) is 243 Å². The average molecular weight is 1900 g/mol. The van der Waals surface area contributed by atoms with Crippen molar-refractivity contribution in [3.63, 3.8) is 0 Å². The third-order valence-electron chi connectivity index (χ3n) is 21.8. The van der Waals surface area contributed by atoms with Gasteiger partial charge in [-0.15, -0.1) is 0 Å². The number of rotatable bonds is 26. The van der Waals surface area contributed by atoms with E-state index < -0.39 is 164 Å². The minimum absolute atomic E-state index is 0.00650. The van der Waals surface area contributed by atoms with Gasteiger partial charge in [0.15, 0.2) is 42.7 Å². The van der Waals surface area contributed by atoms with E-state index in [0.717, 1.165) is 88.5 Å². The number of esters is 4. The van der Waals surface area contributed by atoms with Gasteiger partial charge in [-0.2, -0.15) is 0 Å². The number of carboxylic acids is 1. The molecule has 8 aromatic rings. The number of likely N-dealkylation sites (tertiary alicyclic amines) is 5. The third kappa shape index (κ3) is 32.0. The molecule has 6 fully saturated rings. The van der Waals surface area contributed by atoms with Crippen LogP contribution in [0.5, 0.6) is 0 Å². The van der Waals surface area contributed by atoms with Crippen LogP contribution in [0.1, 0.15) is 78.1 Å². The quantitative estimate of drug-likeness (QED) is 0.0289. The lowest BCUT2D eigenvalue weighted by Gasteiger charge is -2.27. The Morgan fingerprint density at radius 1 is 0.331 bits per heavy atom. The number of hydrogen-bond donors (Lipinski definition) is 4. The molecule has 5 amide bonds. The highest BCUT2D eigenvalue weighted by Gasteiger charge is 2.55. The molecular weight excluding hydrogens is 1780 g/mol. The normalized spacial score (nSPS) is 22.9. The summed E-state index contributed by atoms with van der Waals surface area (Å²) in [6, 6.07) is 66.9. The minimum Gasteiger partial charge on any atom is -0.480 e. The monoisotopic (exact) mass is 1900 g/mol. The molecule has 0 aliphatic carbocycles. The first-order chi connectivity index (χ1) is 65.4. The molecule has 0 aromatic heterocycles. The summed E-state index contributed by atoms with van der Waals surface area (Å²) in [5.41, 5.74) is 5.65. The number of carboxylic acid groups (broad SMARTS) is 1. The van der Waals surface area contributed by atoms with Crippen LogP contribution in [0, 0.1) is 0 Å². The standard InChI is InChI=1S/2C21H22FNO5.2C21H23NO6.C11H18FNO5.C4H8O2/c1-26-19-17(22)12-23(21(25)28-14-16-10-6-3-7-11-16)18(19)20(24)27-13-15-8-4-2-5-9-15;1-26-17-12-23(21(25)28-14-16-10-6-3-7-11-16)19(18(17)22)20(24)27-13-15-8-4-2-5-9-15;1-26-17-12-22(21(25)28-14-16-10-6-3-7-11-16)18(19(17)23)20(24)27-13-15-8-4-2-5-9-15;1-26-19-17(23)12-22(21(25)28-14-16-10-6-3-7-11-16)18(19)20(24)27-13-15-8-4-2-5-9-15;1-11(2,3)18-10(16)13-5-6(12)8(17-4)7(13)9(14)15;5-4-2-1-3-6-4/h2*2-11,17-19H,12-14H2,1H3;2*2-11,17-19,23H,12-14H2,1H3;6-8H,5H2,1-4H3,(H,14,15);4-5H,1-3H2/t17-,18-,19+;2*17-,18+,19+;17-,18-,19+;6-,7-,8+;/m01100./s1. The fourth-order valence-corrected chi connectivity index (χ4v) is 14.8. The number of carbonyl (C=O) groups excluding carboxylic acids is 9. The van der Waals surface area contributed by atoms with E-state index in [9.17, 15) is 71.3 Å². The molecule has 34 nitrogen and oxygen atoms in total. The van der Waals surface area contributed by atoms with Crippen molar-refractivity contribution in [3.8, 4) is 0 Å². The van der Waals surface area contributed by atoms with Crippen molar-refractivity contribution in [1.29, 1.82) is 0 Å². The molecule has 6 aliphatic heterocycles. The summed E-state index contributed by atoms with van der Waals surface area (Å²) in [4.78, 5) is 129. The molecule has 16 atom stereocenters. The van der Waals surface area contributed by atoms with Crippen molar-refractivity contribution in [3.05, 3.63) is 287 Å². The summed E-state index contributed by atoms with van der Waals surface area (Å²) in [6.07, 6.45) is -14.2. The van der Waals surface area contributed by atoms with Gasteiger partial charge in [0.1, 0.15) is 114 Å². The predicted octanol–water partition coefficient (Wildman–Crippen LogP) is 11.6. The smallest absolute Gasteiger partial charge is 0.411 e. The van der Waals surface area contributed by atoms with E-state index in [-0.39, 0.29) is 85.6 Å². The Balaban J connectivity index is 0.000000189. The van der Waals surface area contributed by atoms with Gasteiger partial charge in [-0.05, 0) is 71.7 Å². The Morgan fingerprint density at radius 2 is 0.596 bits per heavy atom. The Kier molecular flexibility index (Phi) is 42.7. The van der Waals surface area contributed by atoms with Gasteiger partial charge >= 0.3 is 60.3 Å². The zero-order valence-corrected chi connectivity index (χ0v) is 76.5. The van der Waals surface area contributed by atoms with E-state index >= 15 is 0 Å². The Bertz CT molecular complexity index is 4620. The Labute approximate surface area is 785 Å². The number of hydrogen-bond acceptors (Lipinski definition) is 28. The van der Waals surface area contributed by atoms with Gasteiger partial charge in [-0.25, -0.2) is 61.1 Å². The summed E-state index contributed by atoms with van der Waals surface area (Å²) in [5, 5.41) is 38.2. The molecule has 0 saturated carbocycles. The Hall–Kier alpha value is -13.1. The number of halogens is 3. The van der Waals surface area contributed by atoms with Crippen molar-refractivity contribution in [2.45, 2.75) is 190 Å². The maximum absolute atomic E-state index is 14.7. The highest BCUT2D eigenvalue weighted by atomic mass is 19.1. The van der Waals surface area contributed by atoms with Crippen molar-refractivity contribution >= 4 is 60.3 Å². The zero-order valence-electron chi connectivity index (χ0n) is 76.5. The second-order valence-electron chi connectivity index (χ2n) is 32.5. The number of aliphatic hydroxyl groups is 3. The first-order valence-corrected chi connectivity index (χ1v) is 43.6. The number of β-amino-alcohol motifs (C(OH)–C–C–N with tert-alkyl or cyclic N) is 1. The molecule has 0 radical (unpaired) electrons. The number of amides is 5. The summed E-state index contributed by atoms with van der Waals surface area (Å²) < 4.78 is 120. The number of nitrogens with zero attached hydrogens (tertiary/aromatic N) is 5. The maximum atomic E-state index is 14.7. The first kappa shape index (κ1) is 107. The lowest BCUT2D eigenvalue weighted by molar-refractivity contribution is -0.154. The van der Waals surface area contributed by atoms with Crippen LogP contribution in [0.15, 0.2) is 243 Å². The molecule has 37 heteroatoms. The molecule has 732 valence electrons. The number of carbonyl (C=O) groups is 10. The Morgan fingerprint density at radius 3 is 0.875 bits per heavy atom. The number of aliphatic carboxylic acids is 1. The number of aliphatic hydroxyl groups excluding tert-OH is 3. The van der Waals surface area contributed by atoms with Crippen LogP contribution in [0.2, 0.25) is 0 Å². The fourth-order valence-electron chi connectivity index (χ4n) is 14.8. The number of alkyl halides is 3. The predicted molar refractivity (Wildman–Crippen MR) is 480 cm³/mol. The molecule has 6 heterocycles. The summed E-state index contributed by atoms with van der Waals surface area (Å²) in [6.45, 7) is 5.24. The molecule has 4 N–H and O–H groups in total. The first-order valence-electron chi connectivity index (χ1n) is 43.6. The molecule has 0 bridgehead atoms. The van der Waals surface area contributed by atoms with Crippen molar-refractivity contribution in [2.24, 2.45) is 0 Å². The lowest BCUT2D eigenvalue weighted by atomic mass is 10.1. The minimum atomic E-state index is -1.70. The average Bonchev–Trinajstić information content (AvgIpc) is 1.67. The van der Waals surface area contributed by atoms with E-state index in [1.54, 1.807) is 69.3 Å². The van der Waals surface area contributed by atoms with E-state index in [1.807, 2.05) is 194 Å². The van der Waals surface area contributed by atoms with E-state index in [0.29, 0.717) is 0 Å². The van der Waals surface area contributed by atoms with Gasteiger partial charge in [0.2, 0.25) is 0 Å². The van der Waals surface area contributed by atoms with E-state index in [1.165, 1.54) is 35.5 Å². The number of benzene rings is 8. The van der Waals surface area contributed by atoms with Crippen molar-refractivity contribution in [2.75, 3.05) is 74.9 Å². The molecule has 6 aliphatic rings. The van der Waals surface area contributed by atoms with Gasteiger partial charge in [-0.3, -0.25) is 24.5 Å². The fraction of sp³-hybridized carbons (Fsp3) is 0.414. The van der Waals surface area contributed by atoms with Gasteiger partial charge in [0.25, 0.3) is 0 Å². The summed E-state index contributed by atoms with van der Waals surface area (Å²) in [5.74, 6) is -4.22.